The molecule has 7 nitrogen and oxygen atoms in total. The van der Waals surface area contributed by atoms with Crippen molar-refractivity contribution in [3.8, 4) is 11.1 Å². The van der Waals surface area contributed by atoms with E-state index in [9.17, 15) is 14.0 Å². The molecule has 1 fully saturated rings. The number of aromatic nitrogens is 2. The van der Waals surface area contributed by atoms with Crippen LogP contribution >= 0.6 is 0 Å². The van der Waals surface area contributed by atoms with E-state index >= 15 is 0 Å². The molecule has 2 aromatic carbocycles. The molecule has 1 spiro atoms. The molecule has 3 heterocycles. The molecule has 2 aliphatic heterocycles. The highest BCUT2D eigenvalue weighted by atomic mass is 19.1. The molecule has 3 aromatic rings. The van der Waals surface area contributed by atoms with E-state index in [-0.39, 0.29) is 23.8 Å². The number of rotatable bonds is 2. The molecule has 31 heavy (non-hydrogen) atoms. The van der Waals surface area contributed by atoms with E-state index < -0.39 is 5.60 Å². The average molecular weight is 418 g/mol. The van der Waals surface area contributed by atoms with E-state index in [0.29, 0.717) is 42.6 Å². The third-order valence-electron chi connectivity index (χ3n) is 5.81. The van der Waals surface area contributed by atoms with Gasteiger partial charge in [-0.3, -0.25) is 5.32 Å². The Kier molecular flexibility index (Phi) is 4.62. The smallest absolute Gasteiger partial charge is 0.339 e. The van der Waals surface area contributed by atoms with Gasteiger partial charge in [-0.05, 0) is 23.8 Å². The molecule has 0 atom stereocenters. The van der Waals surface area contributed by atoms with Crippen molar-refractivity contribution in [3.05, 3.63) is 77.9 Å². The molecule has 5 rings (SSSR count). The molecule has 8 heteroatoms. The van der Waals surface area contributed by atoms with E-state index in [1.165, 1.54) is 24.5 Å². The fourth-order valence-corrected chi connectivity index (χ4v) is 4.17. The van der Waals surface area contributed by atoms with Gasteiger partial charge in [0.25, 0.3) is 0 Å². The Balaban J connectivity index is 1.23. The van der Waals surface area contributed by atoms with Crippen LogP contribution in [0.1, 0.15) is 28.8 Å². The third-order valence-corrected chi connectivity index (χ3v) is 5.81. The van der Waals surface area contributed by atoms with Gasteiger partial charge in [0.05, 0.1) is 5.56 Å². The second kappa shape index (κ2) is 7.46. The number of fused-ring (bicyclic) bond motifs is 2. The first-order valence-corrected chi connectivity index (χ1v) is 10.0. The number of ether oxygens (including phenoxy) is 1. The summed E-state index contributed by atoms with van der Waals surface area (Å²) in [6.07, 6.45) is 4.14. The molecule has 1 saturated heterocycles. The van der Waals surface area contributed by atoms with Crippen LogP contribution in [0.3, 0.4) is 0 Å². The normalized spacial score (nSPS) is 16.7. The zero-order chi connectivity index (χ0) is 21.4. The number of nitrogens with one attached hydrogen (secondary N) is 1. The molecule has 156 valence electrons. The number of hydrogen-bond donors (Lipinski definition) is 1. The van der Waals surface area contributed by atoms with E-state index in [1.807, 2.05) is 18.2 Å². The summed E-state index contributed by atoms with van der Waals surface area (Å²) >= 11 is 0. The molecule has 0 bridgehead atoms. The minimum atomic E-state index is -0.659. The SMILES string of the molecule is O=C1OC2(CCN(C(=O)Nc3ncc(-c4cccc(F)c4)cn3)CC2)c2ccccc21. The van der Waals surface area contributed by atoms with E-state index in [2.05, 4.69) is 15.3 Å². The number of nitrogens with zero attached hydrogens (tertiary/aromatic N) is 3. The lowest BCUT2D eigenvalue weighted by Gasteiger charge is -2.38. The van der Waals surface area contributed by atoms with Crippen LogP contribution in [0.25, 0.3) is 11.1 Å². The lowest BCUT2D eigenvalue weighted by atomic mass is 9.84. The molecule has 2 amide bonds. The predicted octanol–water partition coefficient (Wildman–Crippen LogP) is 3.98. The molecule has 1 N–H and O–H groups in total. The van der Waals surface area contributed by atoms with Crippen molar-refractivity contribution in [2.24, 2.45) is 0 Å². The van der Waals surface area contributed by atoms with Gasteiger partial charge < -0.3 is 9.64 Å². The fraction of sp³-hybridized carbons (Fsp3) is 0.217. The third kappa shape index (κ3) is 3.50. The van der Waals surface area contributed by atoms with Crippen molar-refractivity contribution >= 4 is 17.9 Å². The number of urea groups is 1. The number of esters is 1. The van der Waals surface area contributed by atoms with Gasteiger partial charge in [-0.15, -0.1) is 0 Å². The molecule has 1 aromatic heterocycles. The van der Waals surface area contributed by atoms with Crippen molar-refractivity contribution in [3.63, 3.8) is 0 Å². The summed E-state index contributed by atoms with van der Waals surface area (Å²) in [6.45, 7) is 0.879. The lowest BCUT2D eigenvalue weighted by Crippen LogP contribution is -2.47. The van der Waals surface area contributed by atoms with Crippen molar-refractivity contribution in [1.82, 2.24) is 14.9 Å². The van der Waals surface area contributed by atoms with Gasteiger partial charge in [0.1, 0.15) is 11.4 Å². The van der Waals surface area contributed by atoms with Gasteiger partial charge in [-0.2, -0.15) is 0 Å². The number of piperidine rings is 1. The van der Waals surface area contributed by atoms with Crippen LogP contribution in [0.4, 0.5) is 15.1 Å². The maximum atomic E-state index is 13.4. The summed E-state index contributed by atoms with van der Waals surface area (Å²) in [5.74, 6) is -0.475. The highest BCUT2D eigenvalue weighted by molar-refractivity contribution is 5.95. The molecule has 0 unspecified atom stereocenters. The first-order valence-electron chi connectivity index (χ1n) is 10.0. The van der Waals surface area contributed by atoms with E-state index in [1.54, 1.807) is 23.1 Å². The summed E-state index contributed by atoms with van der Waals surface area (Å²) in [5, 5.41) is 2.69. The zero-order valence-corrected chi connectivity index (χ0v) is 16.5. The van der Waals surface area contributed by atoms with Gasteiger partial charge in [-0.25, -0.2) is 23.9 Å². The predicted molar refractivity (Wildman–Crippen MR) is 111 cm³/mol. The number of carbonyl (C=O) groups excluding carboxylic acids is 2. The molecule has 0 aliphatic carbocycles. The van der Waals surface area contributed by atoms with Gasteiger partial charge >= 0.3 is 12.0 Å². The van der Waals surface area contributed by atoms with Crippen LogP contribution in [-0.4, -0.2) is 40.0 Å². The van der Waals surface area contributed by atoms with Crippen molar-refractivity contribution in [2.45, 2.75) is 18.4 Å². The Hall–Kier alpha value is -3.81. The Morgan fingerprint density at radius 3 is 2.52 bits per heavy atom. The van der Waals surface area contributed by atoms with E-state index in [0.717, 1.165) is 5.56 Å². The number of halogens is 1. The molecular formula is C23H19FN4O3. The monoisotopic (exact) mass is 418 g/mol. The standard InChI is InChI=1S/C23H19FN4O3/c24-17-5-3-4-15(12-17)16-13-25-21(26-14-16)27-22(30)28-10-8-23(9-11-28)19-7-2-1-6-18(19)20(29)31-23/h1-7,12-14H,8-11H2,(H,25,26,27,30). The summed E-state index contributed by atoms with van der Waals surface area (Å²) in [7, 11) is 0. The number of likely N-dealkylation sites (tertiary alicyclic amines) is 1. The Bertz CT molecular complexity index is 1160. The minimum absolute atomic E-state index is 0.170. The average Bonchev–Trinajstić information content (AvgIpc) is 3.06. The molecule has 2 aliphatic rings. The summed E-state index contributed by atoms with van der Waals surface area (Å²) in [6, 6.07) is 13.2. The lowest BCUT2D eigenvalue weighted by molar-refractivity contribution is -0.0363. The van der Waals surface area contributed by atoms with Crippen LogP contribution in [0, 0.1) is 5.82 Å². The van der Waals surface area contributed by atoms with Gasteiger partial charge in [0, 0.05) is 49.5 Å². The first-order chi connectivity index (χ1) is 15.0. The minimum Gasteiger partial charge on any atom is -0.450 e. The van der Waals surface area contributed by atoms with Crippen molar-refractivity contribution in [1.29, 1.82) is 0 Å². The largest absolute Gasteiger partial charge is 0.450 e. The number of amides is 2. The fourth-order valence-electron chi connectivity index (χ4n) is 4.17. The van der Waals surface area contributed by atoms with Crippen LogP contribution in [0.2, 0.25) is 0 Å². The van der Waals surface area contributed by atoms with Crippen LogP contribution in [0.15, 0.2) is 60.9 Å². The number of anilines is 1. The summed E-state index contributed by atoms with van der Waals surface area (Å²) < 4.78 is 19.1. The molecule has 0 radical (unpaired) electrons. The van der Waals surface area contributed by atoms with Crippen molar-refractivity contribution in [2.75, 3.05) is 18.4 Å². The molecular weight excluding hydrogens is 399 g/mol. The van der Waals surface area contributed by atoms with Crippen molar-refractivity contribution < 1.29 is 18.7 Å². The molecule has 0 saturated carbocycles. The van der Waals surface area contributed by atoms with Gasteiger partial charge in [0.15, 0.2) is 0 Å². The van der Waals surface area contributed by atoms with Crippen LogP contribution in [-0.2, 0) is 10.3 Å². The zero-order valence-electron chi connectivity index (χ0n) is 16.5. The Labute approximate surface area is 177 Å². The highest BCUT2D eigenvalue weighted by Gasteiger charge is 2.47. The Morgan fingerprint density at radius 1 is 1.03 bits per heavy atom. The highest BCUT2D eigenvalue weighted by Crippen LogP contribution is 2.43. The number of benzene rings is 2. The van der Waals surface area contributed by atoms with Gasteiger partial charge in [-0.1, -0.05) is 30.3 Å². The second-order valence-corrected chi connectivity index (χ2v) is 7.65. The summed E-state index contributed by atoms with van der Waals surface area (Å²) in [5.41, 5.74) is 2.15. The quantitative estimate of drug-likeness (QED) is 0.637. The number of carbonyl (C=O) groups is 2. The van der Waals surface area contributed by atoms with Crippen LogP contribution < -0.4 is 5.32 Å². The summed E-state index contributed by atoms with van der Waals surface area (Å²) in [4.78, 5) is 34.8. The number of hydrogen-bond acceptors (Lipinski definition) is 5. The maximum Gasteiger partial charge on any atom is 0.339 e. The second-order valence-electron chi connectivity index (χ2n) is 7.65. The van der Waals surface area contributed by atoms with Gasteiger partial charge in [0.2, 0.25) is 5.95 Å². The van der Waals surface area contributed by atoms with E-state index in [4.69, 9.17) is 4.74 Å². The maximum absolute atomic E-state index is 13.4. The van der Waals surface area contributed by atoms with Crippen LogP contribution in [0.5, 0.6) is 0 Å². The first kappa shape index (κ1) is 19.2. The Morgan fingerprint density at radius 2 is 1.77 bits per heavy atom. The topological polar surface area (TPSA) is 84.4 Å².